The van der Waals surface area contributed by atoms with E-state index in [0.29, 0.717) is 39.1 Å². The first kappa shape index (κ1) is 32.2. The first-order chi connectivity index (χ1) is 17.3. The van der Waals surface area contributed by atoms with Crippen molar-refractivity contribution in [3.05, 3.63) is 29.8 Å². The van der Waals surface area contributed by atoms with Crippen LogP contribution in [0.5, 0.6) is 5.75 Å². The molecular weight excluding hydrogens is 502 g/mol. The van der Waals surface area contributed by atoms with Crippen LogP contribution in [0, 0.1) is 0 Å². The average molecular weight is 542 g/mol. The summed E-state index contributed by atoms with van der Waals surface area (Å²) in [4.78, 5) is 50.1. The highest BCUT2D eigenvalue weighted by Gasteiger charge is 2.15. The zero-order chi connectivity index (χ0) is 26.2. The molecule has 1 aromatic carbocycles. The van der Waals surface area contributed by atoms with Crippen LogP contribution in [0.1, 0.15) is 51.5 Å². The minimum atomic E-state index is -0.525. The van der Waals surface area contributed by atoms with Gasteiger partial charge in [0.05, 0.1) is 6.61 Å². The molecule has 10 nitrogen and oxygen atoms in total. The topological polar surface area (TPSA) is 114 Å². The molecule has 1 N–H and O–H groups in total. The van der Waals surface area contributed by atoms with Crippen LogP contribution < -0.4 is 10.1 Å². The quantitative estimate of drug-likeness (QED) is 0.266. The first-order valence-corrected chi connectivity index (χ1v) is 12.6. The number of likely N-dealkylation sites (tertiary alicyclic amines) is 1. The lowest BCUT2D eigenvalue weighted by Gasteiger charge is -2.26. The number of carbonyl (C=O) groups excluding carboxylic acids is 4. The number of halogens is 1. The molecule has 1 aromatic rings. The molecule has 0 unspecified atom stereocenters. The van der Waals surface area contributed by atoms with E-state index in [-0.39, 0.29) is 31.5 Å². The van der Waals surface area contributed by atoms with Crippen LogP contribution in [0.15, 0.2) is 24.3 Å². The second-order valence-corrected chi connectivity index (χ2v) is 8.83. The summed E-state index contributed by atoms with van der Waals surface area (Å²) >= 11 is 0. The lowest BCUT2D eigenvalue weighted by molar-refractivity contribution is -0.150. The van der Waals surface area contributed by atoms with Gasteiger partial charge < -0.3 is 24.4 Å². The number of hydrogen-bond donors (Lipinski definition) is 1. The molecule has 0 spiro atoms. The number of nitrogens with one attached hydrogen (secondary N) is 1. The van der Waals surface area contributed by atoms with Crippen LogP contribution in [0.2, 0.25) is 0 Å². The molecule has 0 aliphatic carbocycles. The van der Waals surface area contributed by atoms with Crippen molar-refractivity contribution in [2.24, 2.45) is 0 Å². The molecule has 2 amide bonds. The molecule has 0 bridgehead atoms. The van der Waals surface area contributed by atoms with Crippen LogP contribution >= 0.6 is 12.4 Å². The zero-order valence-electron chi connectivity index (χ0n) is 21.9. The summed E-state index contributed by atoms with van der Waals surface area (Å²) in [7, 11) is 0. The molecule has 1 aliphatic heterocycles. The smallest absolute Gasteiger partial charge is 0.303 e. The SMILES string of the molecule is CC(=O)OCC(=O)NCCCN(CCCOc1cccc(CN2CCCCC2)c1)C(=O)COC(C)=O.Cl. The second kappa shape index (κ2) is 18.4. The monoisotopic (exact) mass is 541 g/mol. The van der Waals surface area contributed by atoms with Crippen molar-refractivity contribution in [2.75, 3.05) is 52.5 Å². The highest BCUT2D eigenvalue weighted by molar-refractivity contribution is 5.85. The normalized spacial score (nSPS) is 13.1. The Balaban J connectivity index is 0.00000684. The Morgan fingerprint density at radius 2 is 1.62 bits per heavy atom. The second-order valence-electron chi connectivity index (χ2n) is 8.83. The van der Waals surface area contributed by atoms with Gasteiger partial charge in [0.25, 0.3) is 11.8 Å². The molecule has 208 valence electrons. The van der Waals surface area contributed by atoms with Gasteiger partial charge in [0.2, 0.25) is 0 Å². The third-order valence-corrected chi connectivity index (χ3v) is 5.68. The van der Waals surface area contributed by atoms with Crippen molar-refractivity contribution >= 4 is 36.2 Å². The Morgan fingerprint density at radius 3 is 2.32 bits per heavy atom. The molecule has 2 rings (SSSR count). The van der Waals surface area contributed by atoms with Crippen LogP contribution in [-0.2, 0) is 35.2 Å². The Kier molecular flexibility index (Phi) is 16.0. The number of carbonyl (C=O) groups is 4. The highest BCUT2D eigenvalue weighted by Crippen LogP contribution is 2.17. The number of benzene rings is 1. The van der Waals surface area contributed by atoms with Crippen LogP contribution in [0.25, 0.3) is 0 Å². The Hall–Kier alpha value is -2.85. The molecular formula is C26H40ClN3O7. The molecule has 0 aromatic heterocycles. The first-order valence-electron chi connectivity index (χ1n) is 12.6. The van der Waals surface area contributed by atoms with Crippen LogP contribution in [0.3, 0.4) is 0 Å². The molecule has 0 atom stereocenters. The summed E-state index contributed by atoms with van der Waals surface area (Å²) in [6.07, 6.45) is 4.91. The summed E-state index contributed by atoms with van der Waals surface area (Å²) in [5.74, 6) is -0.950. The van der Waals surface area contributed by atoms with Gasteiger partial charge in [-0.25, -0.2) is 0 Å². The van der Waals surface area contributed by atoms with Gasteiger partial charge in [-0.1, -0.05) is 18.6 Å². The highest BCUT2D eigenvalue weighted by atomic mass is 35.5. The molecule has 1 heterocycles. The van der Waals surface area contributed by atoms with Gasteiger partial charge >= 0.3 is 11.9 Å². The van der Waals surface area contributed by atoms with Gasteiger partial charge in [0.15, 0.2) is 13.2 Å². The number of nitrogens with zero attached hydrogens (tertiary/aromatic N) is 2. The number of rotatable bonds is 15. The fourth-order valence-corrected chi connectivity index (χ4v) is 3.89. The molecule has 1 fully saturated rings. The number of amides is 2. The van der Waals surface area contributed by atoms with E-state index in [1.54, 1.807) is 4.90 Å². The molecule has 1 aliphatic rings. The Bertz CT molecular complexity index is 862. The Labute approximate surface area is 225 Å². The molecule has 1 saturated heterocycles. The van der Waals surface area contributed by atoms with Gasteiger partial charge in [-0.2, -0.15) is 0 Å². The summed E-state index contributed by atoms with van der Waals surface area (Å²) in [6, 6.07) is 8.11. The number of hydrogen-bond acceptors (Lipinski definition) is 8. The van der Waals surface area contributed by atoms with E-state index in [1.165, 1.54) is 38.7 Å². The number of esters is 2. The molecule has 0 radical (unpaired) electrons. The van der Waals surface area contributed by atoms with E-state index in [1.807, 2.05) is 12.1 Å². The molecule has 11 heteroatoms. The summed E-state index contributed by atoms with van der Waals surface area (Å²) in [5, 5.41) is 2.64. The minimum Gasteiger partial charge on any atom is -0.494 e. The van der Waals surface area contributed by atoms with Crippen molar-refractivity contribution < 1.29 is 33.4 Å². The van der Waals surface area contributed by atoms with Gasteiger partial charge in [-0.05, 0) is 56.5 Å². The zero-order valence-corrected chi connectivity index (χ0v) is 22.7. The maximum Gasteiger partial charge on any atom is 0.303 e. The minimum absolute atomic E-state index is 0. The maximum atomic E-state index is 12.5. The van der Waals surface area contributed by atoms with E-state index in [0.717, 1.165) is 25.4 Å². The maximum absolute atomic E-state index is 12.5. The lowest BCUT2D eigenvalue weighted by atomic mass is 10.1. The largest absolute Gasteiger partial charge is 0.494 e. The average Bonchev–Trinajstić information content (AvgIpc) is 2.85. The van der Waals surface area contributed by atoms with E-state index < -0.39 is 17.8 Å². The summed E-state index contributed by atoms with van der Waals surface area (Å²) in [6.45, 7) is 6.58. The van der Waals surface area contributed by atoms with Crippen molar-refractivity contribution in [1.29, 1.82) is 0 Å². The van der Waals surface area contributed by atoms with E-state index >= 15 is 0 Å². The van der Waals surface area contributed by atoms with E-state index in [4.69, 9.17) is 9.47 Å². The van der Waals surface area contributed by atoms with Crippen molar-refractivity contribution in [2.45, 2.75) is 52.5 Å². The predicted octanol–water partition coefficient (Wildman–Crippen LogP) is 2.32. The molecule has 0 saturated carbocycles. The third-order valence-electron chi connectivity index (χ3n) is 5.68. The predicted molar refractivity (Wildman–Crippen MR) is 140 cm³/mol. The van der Waals surface area contributed by atoms with Gasteiger partial charge in [-0.3, -0.25) is 24.1 Å². The summed E-state index contributed by atoms with van der Waals surface area (Å²) < 4.78 is 15.4. The van der Waals surface area contributed by atoms with Crippen molar-refractivity contribution in [3.63, 3.8) is 0 Å². The standard InChI is InChI=1S/C26H39N3O7.ClH/c1-21(30)35-19-25(32)27-11-7-14-29(26(33)20-36-22(2)31)15-8-16-34-24-10-6-9-23(17-24)18-28-12-4-3-5-13-28;/h6,9-10,17H,3-5,7-8,11-16,18-20H2,1-2H3,(H,27,32);1H. The Morgan fingerprint density at radius 1 is 0.946 bits per heavy atom. The molecule has 37 heavy (non-hydrogen) atoms. The fraction of sp³-hybridized carbons (Fsp3) is 0.615. The fourth-order valence-electron chi connectivity index (χ4n) is 3.89. The van der Waals surface area contributed by atoms with Gasteiger partial charge in [0.1, 0.15) is 5.75 Å². The van der Waals surface area contributed by atoms with Gasteiger partial charge in [0, 0.05) is 40.0 Å². The van der Waals surface area contributed by atoms with Crippen molar-refractivity contribution in [3.8, 4) is 5.75 Å². The number of piperidine rings is 1. The van der Waals surface area contributed by atoms with Crippen LogP contribution in [-0.4, -0.2) is 86.1 Å². The lowest BCUT2D eigenvalue weighted by Crippen LogP contribution is -2.38. The van der Waals surface area contributed by atoms with Gasteiger partial charge in [-0.15, -0.1) is 12.4 Å². The van der Waals surface area contributed by atoms with Crippen LogP contribution in [0.4, 0.5) is 0 Å². The number of ether oxygens (including phenoxy) is 3. The summed E-state index contributed by atoms with van der Waals surface area (Å²) in [5.41, 5.74) is 1.23. The van der Waals surface area contributed by atoms with E-state index in [2.05, 4.69) is 27.1 Å². The van der Waals surface area contributed by atoms with E-state index in [9.17, 15) is 19.2 Å². The third kappa shape index (κ3) is 14.5. The van der Waals surface area contributed by atoms with Crippen molar-refractivity contribution in [1.82, 2.24) is 15.1 Å².